The van der Waals surface area contributed by atoms with E-state index in [2.05, 4.69) is 54.5 Å². The number of aliphatic hydroxyl groups excluding tert-OH is 1. The first-order valence-electron chi connectivity index (χ1n) is 14.2. The Bertz CT molecular complexity index is 900. The van der Waals surface area contributed by atoms with Crippen LogP contribution in [0.4, 0.5) is 0 Å². The molecule has 0 aromatic rings. The van der Waals surface area contributed by atoms with Gasteiger partial charge in [-0.2, -0.15) is 0 Å². The van der Waals surface area contributed by atoms with E-state index in [0.29, 0.717) is 17.8 Å². The lowest BCUT2D eigenvalue weighted by Gasteiger charge is -2.71. The van der Waals surface area contributed by atoms with E-state index in [1.54, 1.807) is 12.7 Å². The lowest BCUT2D eigenvalue weighted by molar-refractivity contribution is -0.206. The third-order valence-corrected chi connectivity index (χ3v) is 13.2. The summed E-state index contributed by atoms with van der Waals surface area (Å²) in [5.74, 6) is 1.57. The number of allylic oxidation sites excluding steroid dienone is 2. The molecular weight excluding hydrogens is 420 g/mol. The molecule has 4 fully saturated rings. The van der Waals surface area contributed by atoms with Crippen molar-refractivity contribution in [3.63, 3.8) is 0 Å². The van der Waals surface area contributed by atoms with Gasteiger partial charge in [-0.3, -0.25) is 4.79 Å². The second kappa shape index (κ2) is 7.36. The number of esters is 1. The number of ether oxygens (including phenoxy) is 1. The molecule has 4 saturated carbocycles. The number of carbonyl (C=O) groups excluding carboxylic acids is 1. The van der Waals surface area contributed by atoms with Crippen LogP contribution in [0.3, 0.4) is 0 Å². The molecule has 1 N–H and O–H groups in total. The van der Waals surface area contributed by atoms with E-state index in [9.17, 15) is 9.90 Å². The normalized spacial score (nSPS) is 51.1. The Kier molecular flexibility index (Phi) is 5.38. The molecule has 4 unspecified atom stereocenters. The highest BCUT2D eigenvalue weighted by Gasteiger charge is 2.69. The largest absolute Gasteiger partial charge is 0.469 e. The Balaban J connectivity index is 1.60. The lowest BCUT2D eigenvalue weighted by Crippen LogP contribution is -2.65. The Hall–Kier alpha value is -0.830. The second-order valence-corrected chi connectivity index (χ2v) is 15.2. The van der Waals surface area contributed by atoms with E-state index in [0.717, 1.165) is 51.4 Å². The zero-order chi connectivity index (χ0) is 24.9. The molecule has 0 aromatic carbocycles. The van der Waals surface area contributed by atoms with Crippen LogP contribution < -0.4 is 0 Å². The first-order chi connectivity index (χ1) is 15.7. The van der Waals surface area contributed by atoms with Crippen molar-refractivity contribution in [2.45, 2.75) is 119 Å². The van der Waals surface area contributed by atoms with Crippen LogP contribution in [-0.2, 0) is 9.53 Å². The van der Waals surface area contributed by atoms with Gasteiger partial charge < -0.3 is 9.84 Å². The Morgan fingerprint density at radius 3 is 2.26 bits per heavy atom. The monoisotopic (exact) mass is 470 g/mol. The minimum atomic E-state index is -0.323. The summed E-state index contributed by atoms with van der Waals surface area (Å²) >= 11 is 0. The van der Waals surface area contributed by atoms with Crippen molar-refractivity contribution in [1.29, 1.82) is 0 Å². The Labute approximate surface area is 208 Å². The number of rotatable bonds is 1. The first-order valence-corrected chi connectivity index (χ1v) is 14.2. The van der Waals surface area contributed by atoms with Gasteiger partial charge in [-0.1, -0.05) is 60.1 Å². The summed E-state index contributed by atoms with van der Waals surface area (Å²) in [6.45, 7) is 17.2. The molecule has 5 aliphatic rings. The number of fused-ring (bicyclic) bond motifs is 7. The maximum Gasteiger partial charge on any atom is 0.312 e. The summed E-state index contributed by atoms with van der Waals surface area (Å²) in [6.07, 6.45) is 13.4. The van der Waals surface area contributed by atoms with Crippen molar-refractivity contribution in [3.8, 4) is 0 Å². The molecule has 0 heterocycles. The Morgan fingerprint density at radius 2 is 1.59 bits per heavy atom. The number of carbonyl (C=O) groups is 1. The molecule has 0 bridgehead atoms. The molecule has 3 nitrogen and oxygen atoms in total. The van der Waals surface area contributed by atoms with Crippen LogP contribution >= 0.6 is 0 Å². The minimum Gasteiger partial charge on any atom is -0.469 e. The van der Waals surface area contributed by atoms with Crippen molar-refractivity contribution in [3.05, 3.63) is 11.6 Å². The van der Waals surface area contributed by atoms with Gasteiger partial charge in [-0.15, -0.1) is 0 Å². The quantitative estimate of drug-likeness (QED) is 0.322. The van der Waals surface area contributed by atoms with Crippen LogP contribution in [0.1, 0.15) is 113 Å². The van der Waals surface area contributed by atoms with Gasteiger partial charge >= 0.3 is 5.97 Å². The summed E-state index contributed by atoms with van der Waals surface area (Å²) in [6, 6.07) is 0. The third kappa shape index (κ3) is 2.94. The number of hydrogen-bond acceptors (Lipinski definition) is 3. The minimum absolute atomic E-state index is 0.0147. The van der Waals surface area contributed by atoms with Gasteiger partial charge in [0, 0.05) is 0 Å². The van der Waals surface area contributed by atoms with Crippen LogP contribution in [0.2, 0.25) is 0 Å². The van der Waals surface area contributed by atoms with Crippen LogP contribution in [0.25, 0.3) is 0 Å². The van der Waals surface area contributed by atoms with Gasteiger partial charge in [0.15, 0.2) is 0 Å². The maximum absolute atomic E-state index is 13.3. The van der Waals surface area contributed by atoms with Crippen LogP contribution in [0.15, 0.2) is 11.6 Å². The van der Waals surface area contributed by atoms with Gasteiger partial charge in [0.05, 0.1) is 18.6 Å². The van der Waals surface area contributed by atoms with E-state index in [1.165, 1.54) is 12.8 Å². The van der Waals surface area contributed by atoms with Crippen LogP contribution in [-0.4, -0.2) is 24.3 Å². The topological polar surface area (TPSA) is 46.5 Å². The molecule has 0 saturated heterocycles. The number of hydrogen-bond donors (Lipinski definition) is 1. The fourth-order valence-corrected chi connectivity index (χ4v) is 10.8. The summed E-state index contributed by atoms with van der Waals surface area (Å²) < 4.78 is 5.49. The van der Waals surface area contributed by atoms with E-state index >= 15 is 0 Å². The highest BCUT2D eigenvalue weighted by molar-refractivity contribution is 5.78. The molecular formula is C31H50O3. The van der Waals surface area contributed by atoms with Crippen molar-refractivity contribution in [1.82, 2.24) is 0 Å². The predicted molar refractivity (Wildman–Crippen MR) is 137 cm³/mol. The maximum atomic E-state index is 13.3. The number of methoxy groups -OCH3 is 1. The fraction of sp³-hybridized carbons (Fsp3) is 0.903. The molecule has 0 spiro atoms. The van der Waals surface area contributed by atoms with E-state index in [1.807, 2.05) is 0 Å². The Morgan fingerprint density at radius 1 is 0.912 bits per heavy atom. The van der Waals surface area contributed by atoms with Crippen molar-refractivity contribution >= 4 is 5.97 Å². The smallest absolute Gasteiger partial charge is 0.312 e. The molecule has 0 aliphatic heterocycles. The van der Waals surface area contributed by atoms with E-state index in [-0.39, 0.29) is 44.6 Å². The molecule has 192 valence electrons. The van der Waals surface area contributed by atoms with Crippen LogP contribution in [0.5, 0.6) is 0 Å². The standard InChI is InChI=1S/C31H50O3/c1-26(2)15-17-31(25(33)34-8)18-16-29(6)20(21(31)19-26)9-10-23-28(5)13-12-24(32)27(3,4)22(28)11-14-30(23,29)7/h9,21-24,32H,10-19H2,1-8H3/t21-,22?,23?,24?,28-,29-,30+,31?/m0/s1. The van der Waals surface area contributed by atoms with Gasteiger partial charge in [0.25, 0.3) is 0 Å². The van der Waals surface area contributed by atoms with Gasteiger partial charge in [0.2, 0.25) is 0 Å². The zero-order valence-electron chi connectivity index (χ0n) is 23.2. The van der Waals surface area contributed by atoms with Crippen molar-refractivity contribution in [2.75, 3.05) is 7.11 Å². The molecule has 0 aromatic heterocycles. The summed E-state index contributed by atoms with van der Waals surface area (Å²) in [7, 11) is 1.59. The van der Waals surface area contributed by atoms with Crippen molar-refractivity contribution in [2.24, 2.45) is 50.2 Å². The molecule has 5 aliphatic carbocycles. The third-order valence-electron chi connectivity index (χ3n) is 13.2. The van der Waals surface area contributed by atoms with Crippen molar-refractivity contribution < 1.29 is 14.6 Å². The van der Waals surface area contributed by atoms with E-state index in [4.69, 9.17) is 4.74 Å². The molecule has 0 radical (unpaired) electrons. The lowest BCUT2D eigenvalue weighted by atomic mass is 9.33. The second-order valence-electron chi connectivity index (χ2n) is 15.2. The fourth-order valence-electron chi connectivity index (χ4n) is 10.8. The molecule has 5 rings (SSSR count). The van der Waals surface area contributed by atoms with Crippen LogP contribution in [0, 0.1) is 50.2 Å². The molecule has 3 heteroatoms. The molecule has 34 heavy (non-hydrogen) atoms. The first kappa shape index (κ1) is 24.8. The van der Waals surface area contributed by atoms with Gasteiger partial charge in [0.1, 0.15) is 0 Å². The summed E-state index contributed by atoms with van der Waals surface area (Å²) in [4.78, 5) is 13.3. The SMILES string of the molecule is COC(=O)C12CCC(C)(C)C[C@H]1C1=CCC3[C@@]4(C)CCC(O)C(C)(C)C4CC[C@@]3(C)[C@@]1(C)CC2. The van der Waals surface area contributed by atoms with Gasteiger partial charge in [-0.05, 0) is 109 Å². The molecule has 0 amide bonds. The predicted octanol–water partition coefficient (Wildman–Crippen LogP) is 7.32. The highest BCUT2D eigenvalue weighted by atomic mass is 16.5. The molecule has 8 atom stereocenters. The summed E-state index contributed by atoms with van der Waals surface area (Å²) in [5.41, 5.74) is 2.18. The average molecular weight is 471 g/mol. The average Bonchev–Trinajstić information content (AvgIpc) is 2.76. The van der Waals surface area contributed by atoms with Gasteiger partial charge in [-0.25, -0.2) is 0 Å². The zero-order valence-corrected chi connectivity index (χ0v) is 23.2. The van der Waals surface area contributed by atoms with E-state index < -0.39 is 0 Å². The summed E-state index contributed by atoms with van der Waals surface area (Å²) in [5, 5.41) is 10.9. The highest BCUT2D eigenvalue weighted by Crippen LogP contribution is 2.75. The number of aliphatic hydroxyl groups is 1.